The Hall–Kier alpha value is -5.78. The third-order valence-corrected chi connectivity index (χ3v) is 13.4. The molecular weight excluding hydrogens is 709 g/mol. The van der Waals surface area contributed by atoms with Gasteiger partial charge in [0.25, 0.3) is 0 Å². The fourth-order valence-corrected chi connectivity index (χ4v) is 10.7. The highest BCUT2D eigenvalue weighted by atomic mass is 19.1. The summed E-state index contributed by atoms with van der Waals surface area (Å²) in [7, 11) is 0. The van der Waals surface area contributed by atoms with Crippen molar-refractivity contribution in [1.29, 1.82) is 0 Å². The van der Waals surface area contributed by atoms with E-state index < -0.39 is 11.0 Å². The average molecular weight is 752 g/mol. The summed E-state index contributed by atoms with van der Waals surface area (Å²) in [4.78, 5) is 2.39. The lowest BCUT2D eigenvalue weighted by molar-refractivity contribution is 0.152. The third-order valence-electron chi connectivity index (χ3n) is 13.4. The number of halogens is 2. The molecule has 2 aliphatic heterocycles. The van der Waals surface area contributed by atoms with Crippen molar-refractivity contribution < 1.29 is 18.3 Å². The van der Waals surface area contributed by atoms with Gasteiger partial charge in [-0.3, -0.25) is 0 Å². The molecule has 7 aromatic carbocycles. The van der Waals surface area contributed by atoms with Crippen molar-refractivity contribution in [3.05, 3.63) is 172 Å². The van der Waals surface area contributed by atoms with Crippen molar-refractivity contribution in [3.63, 3.8) is 0 Å². The second kappa shape index (κ2) is 12.1. The molecule has 0 bridgehead atoms. The zero-order chi connectivity index (χ0) is 38.8. The van der Waals surface area contributed by atoms with E-state index in [1.165, 1.54) is 45.2 Å². The van der Waals surface area contributed by atoms with Crippen LogP contribution in [-0.4, -0.2) is 26.3 Å². The summed E-state index contributed by atoms with van der Waals surface area (Å²) < 4.78 is 43.8. The van der Waals surface area contributed by atoms with Gasteiger partial charge in [-0.2, -0.15) is 0 Å². The van der Waals surface area contributed by atoms with Gasteiger partial charge in [0.15, 0.2) is 5.60 Å². The maximum atomic E-state index is 15.5. The molecule has 11 rings (SSSR count). The predicted octanol–water partition coefficient (Wildman–Crippen LogP) is 12.5. The molecule has 5 heteroatoms. The molecule has 7 aromatic rings. The first kappa shape index (κ1) is 34.5. The first-order valence-electron chi connectivity index (χ1n) is 20.2. The summed E-state index contributed by atoms with van der Waals surface area (Å²) in [5.41, 5.74) is 11.2. The molecule has 0 aromatic heterocycles. The molecule has 1 unspecified atom stereocenters. The van der Waals surface area contributed by atoms with Gasteiger partial charge in [-0.1, -0.05) is 107 Å². The molecule has 0 amide bonds. The van der Waals surface area contributed by atoms with Crippen LogP contribution in [0.3, 0.4) is 0 Å². The van der Waals surface area contributed by atoms with Gasteiger partial charge in [-0.05, 0) is 116 Å². The van der Waals surface area contributed by atoms with Crippen molar-refractivity contribution in [2.45, 2.75) is 50.5 Å². The van der Waals surface area contributed by atoms with Crippen LogP contribution in [-0.2, 0) is 21.2 Å². The second-order valence-corrected chi connectivity index (χ2v) is 17.3. The van der Waals surface area contributed by atoms with E-state index in [0.717, 1.165) is 76.1 Å². The molecule has 2 heterocycles. The van der Waals surface area contributed by atoms with Crippen molar-refractivity contribution >= 4 is 33.3 Å². The van der Waals surface area contributed by atoms with Gasteiger partial charge in [0.1, 0.15) is 17.4 Å². The average Bonchev–Trinajstić information content (AvgIpc) is 3.41. The van der Waals surface area contributed by atoms with Gasteiger partial charge in [0.2, 0.25) is 0 Å². The molecule has 0 N–H and O–H groups in total. The van der Waals surface area contributed by atoms with Crippen LogP contribution >= 0.6 is 0 Å². The molecular formula is C52H43F2NO2. The number of fused-ring (bicyclic) bond motifs is 13. The lowest BCUT2D eigenvalue weighted by Crippen LogP contribution is -2.35. The molecule has 0 saturated carbocycles. The van der Waals surface area contributed by atoms with E-state index in [-0.39, 0.29) is 17.0 Å². The van der Waals surface area contributed by atoms with Crippen molar-refractivity contribution in [1.82, 2.24) is 0 Å². The molecule has 0 radical (unpaired) electrons. The van der Waals surface area contributed by atoms with Gasteiger partial charge in [-0.25, -0.2) is 8.78 Å². The van der Waals surface area contributed by atoms with E-state index in [4.69, 9.17) is 9.47 Å². The van der Waals surface area contributed by atoms with E-state index >= 15 is 4.39 Å². The lowest BCUT2D eigenvalue weighted by Gasteiger charge is -2.39. The Balaban J connectivity index is 1.14. The van der Waals surface area contributed by atoms with Crippen LogP contribution in [0.4, 0.5) is 14.5 Å². The minimum Gasteiger partial charge on any atom is -0.472 e. The van der Waals surface area contributed by atoms with Crippen molar-refractivity contribution in [2.75, 3.05) is 31.2 Å². The number of hydrogen-bond acceptors (Lipinski definition) is 3. The van der Waals surface area contributed by atoms with E-state index in [9.17, 15) is 4.39 Å². The molecule has 2 aliphatic carbocycles. The highest BCUT2D eigenvalue weighted by molar-refractivity contribution is 6.08. The minimum absolute atomic E-state index is 0.268. The summed E-state index contributed by atoms with van der Waals surface area (Å²) >= 11 is 0. The molecule has 1 atom stereocenters. The molecule has 3 nitrogen and oxygen atoms in total. The van der Waals surface area contributed by atoms with E-state index in [2.05, 4.69) is 124 Å². The van der Waals surface area contributed by atoms with Gasteiger partial charge in [-0.15, -0.1) is 0 Å². The lowest BCUT2D eigenvalue weighted by atomic mass is 9.75. The normalized spacial score (nSPS) is 19.7. The van der Waals surface area contributed by atoms with E-state index in [0.29, 0.717) is 17.7 Å². The maximum absolute atomic E-state index is 15.5. The van der Waals surface area contributed by atoms with Crippen LogP contribution in [0, 0.1) is 11.6 Å². The zero-order valence-electron chi connectivity index (χ0n) is 32.7. The Labute approximate surface area is 332 Å². The van der Waals surface area contributed by atoms with Crippen LogP contribution < -0.4 is 9.64 Å². The standard InChI is InChI=1S/C52H43F2NO2/c1-50(2)44-28-33(13-19-38(44)40-18-10-31-8-5-6-9-37(31)47(40)50)52(32-11-16-36(17-12-32)55-24-7-26-56-27-25-55)23-22-42-48-46(39-20-14-34(53)29-43(39)49(42)57-52)41-21-15-35(54)30-45(41)51(48,3)4/h5-6,8-23,28-30H,7,24-27H2,1-4H3. The quantitative estimate of drug-likeness (QED) is 0.179. The molecule has 4 aliphatic rings. The van der Waals surface area contributed by atoms with Crippen molar-refractivity contribution in [3.8, 4) is 28.0 Å². The highest BCUT2D eigenvalue weighted by Crippen LogP contribution is 2.59. The Morgan fingerprint density at radius 1 is 0.596 bits per heavy atom. The molecule has 282 valence electrons. The number of nitrogens with zero attached hydrogens (tertiary/aromatic N) is 1. The van der Waals surface area contributed by atoms with Crippen LogP contribution in [0.25, 0.3) is 49.9 Å². The molecule has 57 heavy (non-hydrogen) atoms. The first-order chi connectivity index (χ1) is 27.6. The SMILES string of the molecule is CC1(C)c2cc(F)ccc2-c2c1c1c(c3cc(F)ccc23)OC(c2ccc(N3CCCOCC3)cc2)(c2ccc3c(c2)C(C)(C)c2c-3ccc3ccccc23)C=C1. The number of benzene rings is 7. The van der Waals surface area contributed by atoms with Crippen LogP contribution in [0.2, 0.25) is 0 Å². The van der Waals surface area contributed by atoms with Crippen LogP contribution in [0.15, 0.2) is 121 Å². The minimum atomic E-state index is -1.05. The number of rotatable bonds is 3. The van der Waals surface area contributed by atoms with Gasteiger partial charge < -0.3 is 14.4 Å². The number of ether oxygens (including phenoxy) is 2. The molecule has 0 spiro atoms. The van der Waals surface area contributed by atoms with Gasteiger partial charge in [0.05, 0.1) is 6.61 Å². The predicted molar refractivity (Wildman–Crippen MR) is 227 cm³/mol. The van der Waals surface area contributed by atoms with Crippen molar-refractivity contribution in [2.24, 2.45) is 0 Å². The van der Waals surface area contributed by atoms with Gasteiger partial charge in [0, 0.05) is 58.3 Å². The third kappa shape index (κ3) is 4.85. The second-order valence-electron chi connectivity index (χ2n) is 17.3. The van der Waals surface area contributed by atoms with Crippen LogP contribution in [0.5, 0.6) is 5.75 Å². The zero-order valence-corrected chi connectivity index (χ0v) is 32.7. The Bertz CT molecular complexity index is 2860. The Morgan fingerprint density at radius 3 is 2.18 bits per heavy atom. The monoisotopic (exact) mass is 751 g/mol. The van der Waals surface area contributed by atoms with E-state index in [1.807, 2.05) is 12.1 Å². The van der Waals surface area contributed by atoms with Crippen LogP contribution in [0.1, 0.15) is 73.1 Å². The maximum Gasteiger partial charge on any atom is 0.178 e. The summed E-state index contributed by atoms with van der Waals surface area (Å²) in [5.74, 6) is 0.0328. The van der Waals surface area contributed by atoms with Gasteiger partial charge >= 0.3 is 0 Å². The highest BCUT2D eigenvalue weighted by Gasteiger charge is 2.46. The smallest absolute Gasteiger partial charge is 0.178 e. The number of anilines is 1. The summed E-state index contributed by atoms with van der Waals surface area (Å²) in [5, 5.41) is 4.10. The summed E-state index contributed by atoms with van der Waals surface area (Å²) in [6.07, 6.45) is 5.37. The Morgan fingerprint density at radius 2 is 1.32 bits per heavy atom. The summed E-state index contributed by atoms with van der Waals surface area (Å²) in [6, 6.07) is 38.8. The molecule has 1 fully saturated rings. The first-order valence-corrected chi connectivity index (χ1v) is 20.2. The Kier molecular flexibility index (Phi) is 7.32. The fraction of sp³-hybridized carbons (Fsp3) is 0.231. The summed E-state index contributed by atoms with van der Waals surface area (Å²) in [6.45, 7) is 12.2. The van der Waals surface area contributed by atoms with E-state index in [1.54, 1.807) is 12.1 Å². The fourth-order valence-electron chi connectivity index (χ4n) is 10.7. The topological polar surface area (TPSA) is 21.7 Å². The molecule has 1 saturated heterocycles. The number of hydrogen-bond donors (Lipinski definition) is 0. The largest absolute Gasteiger partial charge is 0.472 e.